The van der Waals surface area contributed by atoms with Crippen molar-refractivity contribution >= 4 is 12.1 Å². The normalized spacial score (nSPS) is 12.3. The van der Waals surface area contributed by atoms with Gasteiger partial charge in [0.2, 0.25) is 0 Å². The summed E-state index contributed by atoms with van der Waals surface area (Å²) in [6.45, 7) is 8.09. The molecule has 0 aromatic heterocycles. The van der Waals surface area contributed by atoms with Crippen LogP contribution < -0.4 is 4.74 Å². The van der Waals surface area contributed by atoms with Gasteiger partial charge in [0.1, 0.15) is 24.0 Å². The minimum Gasteiger partial charge on any atom is -0.491 e. The summed E-state index contributed by atoms with van der Waals surface area (Å²) >= 11 is 0. The van der Waals surface area contributed by atoms with Crippen LogP contribution in [0.3, 0.4) is 0 Å². The van der Waals surface area contributed by atoms with E-state index in [1.807, 2.05) is 0 Å². The SMILES string of the molecule is COCCOCCOCCOc1ccc(CC(C(=O)O)N(C)C(=O)OC(C)(C)C)cc1. The largest absolute Gasteiger partial charge is 0.491 e. The first kappa shape index (κ1) is 26.7. The van der Waals surface area contributed by atoms with Crippen LogP contribution in [0.4, 0.5) is 4.79 Å². The fraction of sp³-hybridized carbons (Fsp3) is 0.636. The van der Waals surface area contributed by atoms with Crippen LogP contribution in [-0.2, 0) is 30.2 Å². The van der Waals surface area contributed by atoms with Gasteiger partial charge in [-0.15, -0.1) is 0 Å². The number of ether oxygens (including phenoxy) is 5. The zero-order chi connectivity index (χ0) is 23.3. The zero-order valence-corrected chi connectivity index (χ0v) is 19.1. The molecule has 0 saturated carbocycles. The molecule has 1 rings (SSSR count). The first-order chi connectivity index (χ1) is 14.6. The smallest absolute Gasteiger partial charge is 0.410 e. The second-order valence-electron chi connectivity index (χ2n) is 7.86. The minimum atomic E-state index is -1.10. The van der Waals surface area contributed by atoms with Crippen molar-refractivity contribution in [1.29, 1.82) is 0 Å². The van der Waals surface area contributed by atoms with Crippen LogP contribution in [0, 0.1) is 0 Å². The molecule has 0 bridgehead atoms. The number of likely N-dealkylation sites (N-methyl/N-ethyl adjacent to an activating group) is 1. The van der Waals surface area contributed by atoms with Gasteiger partial charge >= 0.3 is 12.1 Å². The molecule has 0 fully saturated rings. The number of carboxylic acid groups (broad SMARTS) is 1. The molecule has 176 valence electrons. The van der Waals surface area contributed by atoms with Gasteiger partial charge < -0.3 is 28.8 Å². The first-order valence-corrected chi connectivity index (χ1v) is 10.2. The van der Waals surface area contributed by atoms with Crippen molar-refractivity contribution < 1.29 is 38.4 Å². The summed E-state index contributed by atoms with van der Waals surface area (Å²) in [6, 6.07) is 6.03. The van der Waals surface area contributed by atoms with Gasteiger partial charge in [-0.25, -0.2) is 9.59 Å². The zero-order valence-electron chi connectivity index (χ0n) is 19.1. The van der Waals surface area contributed by atoms with Gasteiger partial charge in [0, 0.05) is 20.6 Å². The van der Waals surface area contributed by atoms with Crippen molar-refractivity contribution in [2.45, 2.75) is 38.8 Å². The van der Waals surface area contributed by atoms with Crippen LogP contribution in [0.25, 0.3) is 0 Å². The molecular formula is C22H35NO8. The van der Waals surface area contributed by atoms with E-state index in [9.17, 15) is 14.7 Å². The Balaban J connectivity index is 2.43. The summed E-state index contributed by atoms with van der Waals surface area (Å²) in [6.07, 6.45) is -0.527. The molecule has 1 atom stereocenters. The van der Waals surface area contributed by atoms with Crippen molar-refractivity contribution in [2.75, 3.05) is 53.8 Å². The fourth-order valence-electron chi connectivity index (χ4n) is 2.48. The van der Waals surface area contributed by atoms with Gasteiger partial charge in [0.25, 0.3) is 0 Å². The van der Waals surface area contributed by atoms with E-state index >= 15 is 0 Å². The Morgan fingerprint density at radius 3 is 2.03 bits per heavy atom. The van der Waals surface area contributed by atoms with Crippen LogP contribution >= 0.6 is 0 Å². The van der Waals surface area contributed by atoms with Crippen molar-refractivity contribution in [2.24, 2.45) is 0 Å². The van der Waals surface area contributed by atoms with Crippen LogP contribution in [-0.4, -0.2) is 87.5 Å². The molecule has 1 N–H and O–H groups in total. The standard InChI is InChI=1S/C22H35NO8/c1-22(2,3)31-21(26)23(4)19(20(24)25)16-17-6-8-18(9-7-17)30-15-14-29-13-12-28-11-10-27-5/h6-9,19H,10-16H2,1-5H3,(H,24,25). The number of benzene rings is 1. The Bertz CT molecular complexity index is 656. The highest BCUT2D eigenvalue weighted by molar-refractivity contribution is 5.80. The highest BCUT2D eigenvalue weighted by Gasteiger charge is 2.30. The highest BCUT2D eigenvalue weighted by atomic mass is 16.6. The van der Waals surface area contributed by atoms with Crippen LogP contribution in [0.2, 0.25) is 0 Å². The van der Waals surface area contributed by atoms with Crippen molar-refractivity contribution in [3.63, 3.8) is 0 Å². The van der Waals surface area contributed by atoms with E-state index in [2.05, 4.69) is 0 Å². The van der Waals surface area contributed by atoms with E-state index in [0.29, 0.717) is 45.4 Å². The van der Waals surface area contributed by atoms with E-state index in [0.717, 1.165) is 10.5 Å². The van der Waals surface area contributed by atoms with Crippen LogP contribution in [0.15, 0.2) is 24.3 Å². The Hall–Kier alpha value is -2.36. The molecule has 1 aromatic rings. The van der Waals surface area contributed by atoms with Crippen molar-refractivity contribution in [3.05, 3.63) is 29.8 Å². The molecule has 0 heterocycles. The maximum Gasteiger partial charge on any atom is 0.410 e. The molecule has 0 spiro atoms. The Morgan fingerprint density at radius 2 is 1.52 bits per heavy atom. The fourth-order valence-corrected chi connectivity index (χ4v) is 2.48. The molecule has 31 heavy (non-hydrogen) atoms. The lowest BCUT2D eigenvalue weighted by atomic mass is 10.1. The van der Waals surface area contributed by atoms with Gasteiger partial charge in [-0.2, -0.15) is 0 Å². The third-order valence-electron chi connectivity index (χ3n) is 4.09. The average Bonchev–Trinajstić information content (AvgIpc) is 2.69. The van der Waals surface area contributed by atoms with E-state index < -0.39 is 23.7 Å². The van der Waals surface area contributed by atoms with E-state index in [-0.39, 0.29) is 6.42 Å². The molecule has 0 aliphatic rings. The molecule has 0 aliphatic heterocycles. The number of rotatable bonds is 14. The number of hydrogen-bond acceptors (Lipinski definition) is 7. The average molecular weight is 442 g/mol. The number of hydrogen-bond donors (Lipinski definition) is 1. The third-order valence-corrected chi connectivity index (χ3v) is 4.09. The third kappa shape index (κ3) is 11.6. The van der Waals surface area contributed by atoms with E-state index in [4.69, 9.17) is 23.7 Å². The number of nitrogens with zero attached hydrogens (tertiary/aromatic N) is 1. The molecule has 0 saturated heterocycles. The van der Waals surface area contributed by atoms with Gasteiger partial charge in [-0.1, -0.05) is 12.1 Å². The quantitative estimate of drug-likeness (QED) is 0.440. The summed E-state index contributed by atoms with van der Waals surface area (Å²) in [5.74, 6) is -0.451. The number of carbonyl (C=O) groups excluding carboxylic acids is 1. The molecule has 0 aliphatic carbocycles. The Morgan fingerprint density at radius 1 is 0.968 bits per heavy atom. The van der Waals surface area contributed by atoms with Crippen LogP contribution in [0.5, 0.6) is 5.75 Å². The van der Waals surface area contributed by atoms with Crippen molar-refractivity contribution in [3.8, 4) is 5.75 Å². The topological polar surface area (TPSA) is 104 Å². The lowest BCUT2D eigenvalue weighted by molar-refractivity contribution is -0.142. The maximum absolute atomic E-state index is 12.2. The van der Waals surface area contributed by atoms with E-state index in [1.54, 1.807) is 52.1 Å². The molecule has 1 aromatic carbocycles. The van der Waals surface area contributed by atoms with Gasteiger partial charge in [-0.05, 0) is 38.5 Å². The lowest BCUT2D eigenvalue weighted by Gasteiger charge is -2.28. The summed E-state index contributed by atoms with van der Waals surface area (Å²) in [4.78, 5) is 25.0. The number of carboxylic acids is 1. The highest BCUT2D eigenvalue weighted by Crippen LogP contribution is 2.17. The summed E-state index contributed by atoms with van der Waals surface area (Å²) in [5, 5.41) is 9.55. The second kappa shape index (κ2) is 13.8. The molecule has 9 heteroatoms. The van der Waals surface area contributed by atoms with Gasteiger partial charge in [-0.3, -0.25) is 4.90 Å². The number of methoxy groups -OCH3 is 1. The maximum atomic E-state index is 12.2. The molecular weight excluding hydrogens is 406 g/mol. The predicted molar refractivity (Wildman–Crippen MR) is 115 cm³/mol. The number of carbonyl (C=O) groups is 2. The molecule has 9 nitrogen and oxygen atoms in total. The molecule has 1 unspecified atom stereocenters. The monoisotopic (exact) mass is 441 g/mol. The predicted octanol–water partition coefficient (Wildman–Crippen LogP) is 2.61. The van der Waals surface area contributed by atoms with Gasteiger partial charge in [0.05, 0.1) is 33.0 Å². The van der Waals surface area contributed by atoms with Crippen molar-refractivity contribution in [1.82, 2.24) is 4.90 Å². The Labute approximate surface area is 184 Å². The lowest BCUT2D eigenvalue weighted by Crippen LogP contribution is -2.46. The summed E-state index contributed by atoms with van der Waals surface area (Å²) in [5.41, 5.74) is 0.0633. The Kier molecular flexibility index (Phi) is 11.9. The minimum absolute atomic E-state index is 0.150. The van der Waals surface area contributed by atoms with Crippen LogP contribution in [0.1, 0.15) is 26.3 Å². The molecule has 1 amide bonds. The number of aliphatic carboxylic acids is 1. The first-order valence-electron chi connectivity index (χ1n) is 10.2. The molecule has 0 radical (unpaired) electrons. The number of amides is 1. The summed E-state index contributed by atoms with van der Waals surface area (Å²) < 4.78 is 26.5. The summed E-state index contributed by atoms with van der Waals surface area (Å²) in [7, 11) is 3.05. The van der Waals surface area contributed by atoms with E-state index in [1.165, 1.54) is 7.05 Å². The van der Waals surface area contributed by atoms with Gasteiger partial charge in [0.15, 0.2) is 0 Å². The second-order valence-corrected chi connectivity index (χ2v) is 7.86.